The molecule has 0 atom stereocenters. The second-order valence-corrected chi connectivity index (χ2v) is 10.5. The zero-order chi connectivity index (χ0) is 25.6. The number of nitrogens with two attached hydrogens (primary N) is 1. The summed E-state index contributed by atoms with van der Waals surface area (Å²) in [5, 5.41) is 4.70. The first-order valence-electron chi connectivity index (χ1n) is 11.4. The Balaban J connectivity index is 1.38. The fourth-order valence-electron chi connectivity index (χ4n) is 4.74. The number of thioether (sulfide) groups is 1. The number of rotatable bonds is 4. The normalized spacial score (nSPS) is 22.2. The molecule has 1 saturated carbocycles. The van der Waals surface area contributed by atoms with Crippen LogP contribution in [0.3, 0.4) is 0 Å². The monoisotopic (exact) mass is 534 g/mol. The standard InChI is InChI=1S/C25H22ClF3N4O2S/c26-17-3-2-15(20(11-17)25(27,28)29)13-32-21-8-1-14(9-16(21)12-31-32)10-22-23(34)33(24(35)36-22)19-6-4-18(30)5-7-19/h1-3,8-12,18-19H,4-7,13,30H2/b22-10-. The third-order valence-electron chi connectivity index (χ3n) is 6.59. The van der Waals surface area contributed by atoms with E-state index in [9.17, 15) is 22.8 Å². The first kappa shape index (κ1) is 24.9. The molecule has 2 fully saturated rings. The van der Waals surface area contributed by atoms with Crippen molar-refractivity contribution in [2.45, 2.75) is 50.5 Å². The molecule has 36 heavy (non-hydrogen) atoms. The molecule has 0 unspecified atom stereocenters. The van der Waals surface area contributed by atoms with Gasteiger partial charge in [0, 0.05) is 22.5 Å². The highest BCUT2D eigenvalue weighted by molar-refractivity contribution is 8.18. The van der Waals surface area contributed by atoms with Crippen molar-refractivity contribution in [3.8, 4) is 0 Å². The quantitative estimate of drug-likeness (QED) is 0.411. The number of halogens is 4. The van der Waals surface area contributed by atoms with Gasteiger partial charge in [-0.25, -0.2) is 0 Å². The maximum atomic E-state index is 13.5. The molecule has 2 N–H and O–H groups in total. The molecule has 0 radical (unpaired) electrons. The van der Waals surface area contributed by atoms with Crippen LogP contribution in [0.5, 0.6) is 0 Å². The van der Waals surface area contributed by atoms with Gasteiger partial charge in [0.25, 0.3) is 11.1 Å². The topological polar surface area (TPSA) is 81.2 Å². The Bertz CT molecular complexity index is 1380. The Morgan fingerprint density at radius 1 is 1.11 bits per heavy atom. The smallest absolute Gasteiger partial charge is 0.328 e. The van der Waals surface area contributed by atoms with Gasteiger partial charge in [-0.1, -0.05) is 23.7 Å². The van der Waals surface area contributed by atoms with E-state index in [0.717, 1.165) is 30.7 Å². The predicted molar refractivity (Wildman–Crippen MR) is 133 cm³/mol. The van der Waals surface area contributed by atoms with E-state index in [0.29, 0.717) is 34.2 Å². The van der Waals surface area contributed by atoms with Gasteiger partial charge < -0.3 is 5.73 Å². The minimum absolute atomic E-state index is 0.0116. The molecule has 0 bridgehead atoms. The third-order valence-corrected chi connectivity index (χ3v) is 7.71. The fourth-order valence-corrected chi connectivity index (χ4v) is 5.81. The summed E-state index contributed by atoms with van der Waals surface area (Å²) < 4.78 is 41.9. The van der Waals surface area contributed by atoms with Crippen molar-refractivity contribution in [3.63, 3.8) is 0 Å². The molecule has 11 heteroatoms. The number of fused-ring (bicyclic) bond motifs is 1. The van der Waals surface area contributed by atoms with Gasteiger partial charge in [0.2, 0.25) is 0 Å². The lowest BCUT2D eigenvalue weighted by Gasteiger charge is -2.31. The van der Waals surface area contributed by atoms with Crippen LogP contribution in [0.25, 0.3) is 17.0 Å². The number of aromatic nitrogens is 2. The lowest BCUT2D eigenvalue weighted by Crippen LogP contribution is -2.43. The Morgan fingerprint density at radius 3 is 2.58 bits per heavy atom. The van der Waals surface area contributed by atoms with E-state index in [2.05, 4.69) is 5.10 Å². The van der Waals surface area contributed by atoms with E-state index in [4.69, 9.17) is 17.3 Å². The minimum Gasteiger partial charge on any atom is -0.328 e. The van der Waals surface area contributed by atoms with Gasteiger partial charge in [-0.15, -0.1) is 0 Å². The number of nitrogens with zero attached hydrogens (tertiary/aromatic N) is 3. The summed E-state index contributed by atoms with van der Waals surface area (Å²) in [6.45, 7) is -0.0845. The Labute approximate surface area is 214 Å². The molecule has 2 amide bonds. The van der Waals surface area contributed by atoms with E-state index in [-0.39, 0.29) is 40.4 Å². The molecule has 3 aromatic rings. The van der Waals surface area contributed by atoms with Crippen LogP contribution < -0.4 is 5.73 Å². The maximum Gasteiger partial charge on any atom is 0.416 e. The number of hydrogen-bond acceptors (Lipinski definition) is 5. The van der Waals surface area contributed by atoms with Gasteiger partial charge >= 0.3 is 6.18 Å². The van der Waals surface area contributed by atoms with E-state index < -0.39 is 11.7 Å². The van der Waals surface area contributed by atoms with Crippen LogP contribution in [-0.4, -0.2) is 37.9 Å². The molecule has 2 aliphatic rings. The molecule has 6 nitrogen and oxygen atoms in total. The van der Waals surface area contributed by atoms with E-state index in [1.807, 2.05) is 0 Å². The third kappa shape index (κ3) is 4.89. The molecular formula is C25H22ClF3N4O2S. The molecule has 0 spiro atoms. The zero-order valence-corrected chi connectivity index (χ0v) is 20.5. The number of alkyl halides is 3. The Hall–Kier alpha value is -2.82. The van der Waals surface area contributed by atoms with Crippen LogP contribution in [-0.2, 0) is 17.5 Å². The number of imide groups is 1. The molecule has 1 aromatic heterocycles. The van der Waals surface area contributed by atoms with Crippen LogP contribution in [0.15, 0.2) is 47.5 Å². The highest BCUT2D eigenvalue weighted by Gasteiger charge is 2.40. The van der Waals surface area contributed by atoms with Crippen LogP contribution in [0.2, 0.25) is 5.02 Å². The second kappa shape index (κ2) is 9.57. The summed E-state index contributed by atoms with van der Waals surface area (Å²) in [5.74, 6) is -0.302. The van der Waals surface area contributed by atoms with Crippen molar-refractivity contribution in [2.75, 3.05) is 0 Å². The van der Waals surface area contributed by atoms with Gasteiger partial charge in [-0.05, 0) is 78.9 Å². The van der Waals surface area contributed by atoms with Crippen LogP contribution in [0.1, 0.15) is 42.4 Å². The number of carbonyl (C=O) groups excluding carboxylic acids is 2. The minimum atomic E-state index is -4.54. The summed E-state index contributed by atoms with van der Waals surface area (Å²) >= 11 is 6.70. The summed E-state index contributed by atoms with van der Waals surface area (Å²) in [6.07, 6.45) is 1.68. The Morgan fingerprint density at radius 2 is 1.86 bits per heavy atom. The molecule has 5 rings (SSSR count). The van der Waals surface area contributed by atoms with Gasteiger partial charge in [-0.3, -0.25) is 19.2 Å². The average molecular weight is 535 g/mol. The fraction of sp³-hybridized carbons (Fsp3) is 0.320. The largest absolute Gasteiger partial charge is 0.416 e. The number of benzene rings is 2. The number of amides is 2. The summed E-state index contributed by atoms with van der Waals surface area (Å²) in [7, 11) is 0. The van der Waals surface area contributed by atoms with Crippen molar-refractivity contribution in [1.82, 2.24) is 14.7 Å². The van der Waals surface area contributed by atoms with Crippen molar-refractivity contribution in [3.05, 3.63) is 69.2 Å². The molecule has 2 heterocycles. The van der Waals surface area contributed by atoms with Crippen molar-refractivity contribution >= 4 is 51.5 Å². The zero-order valence-electron chi connectivity index (χ0n) is 19.0. The number of carbonyl (C=O) groups is 2. The summed E-state index contributed by atoms with van der Waals surface area (Å²) in [5.41, 5.74) is 6.54. The number of hydrogen-bond donors (Lipinski definition) is 1. The molecule has 2 aromatic carbocycles. The lowest BCUT2D eigenvalue weighted by atomic mass is 9.91. The van der Waals surface area contributed by atoms with Gasteiger partial charge in [0.05, 0.1) is 28.7 Å². The van der Waals surface area contributed by atoms with E-state index in [1.54, 1.807) is 30.5 Å². The summed E-state index contributed by atoms with van der Waals surface area (Å²) in [4.78, 5) is 27.2. The highest BCUT2D eigenvalue weighted by Crippen LogP contribution is 2.37. The van der Waals surface area contributed by atoms with Gasteiger partial charge in [-0.2, -0.15) is 18.3 Å². The van der Waals surface area contributed by atoms with Gasteiger partial charge in [0.15, 0.2) is 0 Å². The van der Waals surface area contributed by atoms with Crippen LogP contribution in [0, 0.1) is 0 Å². The Kier molecular flexibility index (Phi) is 6.61. The molecular weight excluding hydrogens is 513 g/mol. The predicted octanol–water partition coefficient (Wildman–Crippen LogP) is 6.06. The molecule has 1 aliphatic carbocycles. The first-order chi connectivity index (χ1) is 17.1. The highest BCUT2D eigenvalue weighted by atomic mass is 35.5. The van der Waals surface area contributed by atoms with Crippen molar-refractivity contribution in [1.29, 1.82) is 0 Å². The van der Waals surface area contributed by atoms with Crippen LogP contribution >= 0.6 is 23.4 Å². The van der Waals surface area contributed by atoms with Gasteiger partial charge in [0.1, 0.15) is 0 Å². The molecule has 188 valence electrons. The van der Waals surface area contributed by atoms with E-state index >= 15 is 0 Å². The average Bonchev–Trinajstić information content (AvgIpc) is 3.34. The first-order valence-corrected chi connectivity index (χ1v) is 12.6. The SMILES string of the molecule is NC1CCC(N2C(=O)S/C(=C\c3ccc4c(cnn4Cc4ccc(Cl)cc4C(F)(F)F)c3)C2=O)CC1. The molecule has 1 saturated heterocycles. The van der Waals surface area contributed by atoms with Crippen molar-refractivity contribution < 1.29 is 22.8 Å². The maximum absolute atomic E-state index is 13.5. The van der Waals surface area contributed by atoms with E-state index in [1.165, 1.54) is 21.7 Å². The lowest BCUT2D eigenvalue weighted by molar-refractivity contribution is -0.138. The summed E-state index contributed by atoms with van der Waals surface area (Å²) in [6, 6.07) is 8.95. The molecule has 1 aliphatic heterocycles. The second-order valence-electron chi connectivity index (χ2n) is 9.04. The van der Waals surface area contributed by atoms with Crippen molar-refractivity contribution in [2.24, 2.45) is 5.73 Å². The van der Waals surface area contributed by atoms with Crippen LogP contribution in [0.4, 0.5) is 18.0 Å².